The summed E-state index contributed by atoms with van der Waals surface area (Å²) in [7, 11) is 0. The van der Waals surface area contributed by atoms with Crippen LogP contribution in [0.2, 0.25) is 0 Å². The molecule has 2 atom stereocenters. The molecule has 1 fully saturated rings. The lowest BCUT2D eigenvalue weighted by molar-refractivity contribution is -0.122. The van der Waals surface area contributed by atoms with Gasteiger partial charge in [0.1, 0.15) is 12.2 Å². The predicted molar refractivity (Wildman–Crippen MR) is 106 cm³/mol. The second-order valence-corrected chi connectivity index (χ2v) is 6.75. The van der Waals surface area contributed by atoms with Crippen LogP contribution in [0.3, 0.4) is 0 Å². The summed E-state index contributed by atoms with van der Waals surface area (Å²) in [5.74, 6) is 2.06. The number of ether oxygens (including phenoxy) is 3. The van der Waals surface area contributed by atoms with E-state index in [-0.39, 0.29) is 25.5 Å². The van der Waals surface area contributed by atoms with Gasteiger partial charge in [0.2, 0.25) is 12.7 Å². The van der Waals surface area contributed by atoms with Crippen LogP contribution in [0.1, 0.15) is 29.2 Å². The molecule has 2 aliphatic rings. The topological polar surface area (TPSA) is 107 Å². The molecule has 3 aromatic rings. The molecule has 2 aromatic carbocycles. The average Bonchev–Trinajstić information content (AvgIpc) is 3.43. The summed E-state index contributed by atoms with van der Waals surface area (Å²) in [6.45, 7) is 3.06. The fraction of sp³-hybridized carbons (Fsp3) is 0.286. The number of morpholine rings is 1. The third kappa shape index (κ3) is 4.20. The van der Waals surface area contributed by atoms with Crippen LogP contribution < -0.4 is 14.4 Å². The highest BCUT2D eigenvalue weighted by atomic mass is 16.7. The largest absolute Gasteiger partial charge is 0.483 e. The normalized spacial score (nSPS) is 19.7. The average molecular weight is 411 g/mol. The summed E-state index contributed by atoms with van der Waals surface area (Å²) in [6, 6.07) is 16.6. The highest BCUT2D eigenvalue weighted by Crippen LogP contribution is 2.39. The fourth-order valence-corrected chi connectivity index (χ4v) is 3.48. The highest BCUT2D eigenvalue weighted by Gasteiger charge is 2.33. The number of aromatic nitrogens is 2. The minimum absolute atomic E-state index is 0.109. The Balaban J connectivity index is 0.000000687. The smallest absolute Gasteiger partial charge is 0.318 e. The highest BCUT2D eigenvalue weighted by molar-refractivity contribution is 5.46. The summed E-state index contributed by atoms with van der Waals surface area (Å²) in [6.07, 6.45) is -0.270. The van der Waals surface area contributed by atoms with Crippen LogP contribution in [0.25, 0.3) is 0 Å². The van der Waals surface area contributed by atoms with Gasteiger partial charge in [-0.1, -0.05) is 41.5 Å². The van der Waals surface area contributed by atoms with Crippen molar-refractivity contribution in [3.63, 3.8) is 0 Å². The van der Waals surface area contributed by atoms with Gasteiger partial charge < -0.3 is 28.6 Å². The lowest BCUT2D eigenvalue weighted by atomic mass is 10.0. The van der Waals surface area contributed by atoms with Gasteiger partial charge in [0.15, 0.2) is 11.5 Å². The number of benzene rings is 2. The first-order valence-electron chi connectivity index (χ1n) is 9.40. The Hall–Kier alpha value is -3.59. The van der Waals surface area contributed by atoms with Gasteiger partial charge >= 0.3 is 6.01 Å². The van der Waals surface area contributed by atoms with Crippen molar-refractivity contribution in [2.24, 2.45) is 0 Å². The van der Waals surface area contributed by atoms with Crippen LogP contribution in [0.4, 0.5) is 6.01 Å². The molecule has 1 saturated heterocycles. The Morgan fingerprint density at radius 1 is 1.00 bits per heavy atom. The quantitative estimate of drug-likeness (QED) is 0.650. The Bertz CT molecular complexity index is 993. The summed E-state index contributed by atoms with van der Waals surface area (Å²) in [5.41, 5.74) is 2.14. The van der Waals surface area contributed by atoms with Gasteiger partial charge in [-0.3, -0.25) is 4.79 Å². The first-order chi connectivity index (χ1) is 14.7. The van der Waals surface area contributed by atoms with Crippen molar-refractivity contribution in [3.05, 3.63) is 65.5 Å². The van der Waals surface area contributed by atoms with Crippen molar-refractivity contribution in [2.75, 3.05) is 24.8 Å². The lowest BCUT2D eigenvalue weighted by Gasteiger charge is -2.37. The van der Waals surface area contributed by atoms with Crippen LogP contribution in [0, 0.1) is 6.92 Å². The number of nitrogens with zero attached hydrogens (tertiary/aromatic N) is 3. The van der Waals surface area contributed by atoms with Crippen molar-refractivity contribution >= 4 is 12.5 Å². The molecule has 0 aliphatic carbocycles. The minimum Gasteiger partial charge on any atom is -0.483 e. The maximum atomic E-state index is 8.36. The standard InChI is InChI=1S/C20H19N3O4.CH2O2/c1-13-21-22-20(26-13)23-10-18(14-5-3-2-4-6-14)27-19(11-23)15-7-8-16-17(9-15)25-12-24-16;2-1-3/h2-9,18-19H,10-12H2,1H3;1H,(H,2,3)/t18-,19+;/m0./s1. The molecule has 0 amide bonds. The lowest BCUT2D eigenvalue weighted by Crippen LogP contribution is -2.40. The summed E-state index contributed by atoms with van der Waals surface area (Å²) in [5, 5.41) is 15.1. The van der Waals surface area contributed by atoms with Gasteiger partial charge in [0, 0.05) is 6.92 Å². The number of anilines is 1. The van der Waals surface area contributed by atoms with Gasteiger partial charge in [0.05, 0.1) is 13.1 Å². The summed E-state index contributed by atoms with van der Waals surface area (Å²) in [4.78, 5) is 10.4. The molecule has 0 saturated carbocycles. The molecule has 3 heterocycles. The number of hydrogen-bond donors (Lipinski definition) is 1. The molecule has 30 heavy (non-hydrogen) atoms. The van der Waals surface area contributed by atoms with E-state index < -0.39 is 0 Å². The number of rotatable bonds is 3. The van der Waals surface area contributed by atoms with E-state index in [1.165, 1.54) is 0 Å². The van der Waals surface area contributed by atoms with E-state index in [0.717, 1.165) is 22.6 Å². The molecular weight excluding hydrogens is 390 g/mol. The first-order valence-corrected chi connectivity index (χ1v) is 9.40. The van der Waals surface area contributed by atoms with Crippen LogP contribution in [-0.2, 0) is 9.53 Å². The Kier molecular flexibility index (Phi) is 5.80. The zero-order valence-corrected chi connectivity index (χ0v) is 16.3. The van der Waals surface area contributed by atoms with Crippen molar-refractivity contribution < 1.29 is 28.5 Å². The monoisotopic (exact) mass is 411 g/mol. The van der Waals surface area contributed by atoms with Crippen molar-refractivity contribution in [1.29, 1.82) is 0 Å². The molecule has 0 unspecified atom stereocenters. The van der Waals surface area contributed by atoms with Gasteiger partial charge in [-0.2, -0.15) is 0 Å². The second kappa shape index (κ2) is 8.83. The van der Waals surface area contributed by atoms with Crippen molar-refractivity contribution in [3.8, 4) is 11.5 Å². The number of carbonyl (C=O) groups is 1. The van der Waals surface area contributed by atoms with E-state index in [1.54, 1.807) is 6.92 Å². The molecule has 2 aliphatic heterocycles. The molecule has 5 rings (SSSR count). The molecule has 9 heteroatoms. The van der Waals surface area contributed by atoms with E-state index in [9.17, 15) is 0 Å². The number of aryl methyl sites for hydroxylation is 1. The van der Waals surface area contributed by atoms with Gasteiger partial charge in [-0.15, -0.1) is 5.10 Å². The van der Waals surface area contributed by atoms with E-state index in [4.69, 9.17) is 28.5 Å². The van der Waals surface area contributed by atoms with Crippen molar-refractivity contribution in [1.82, 2.24) is 10.2 Å². The summed E-state index contributed by atoms with van der Waals surface area (Å²) < 4.78 is 23.1. The Morgan fingerprint density at radius 2 is 1.70 bits per heavy atom. The Labute approximate surface area is 172 Å². The van der Waals surface area contributed by atoms with Crippen LogP contribution in [0.15, 0.2) is 52.9 Å². The number of carboxylic acid groups (broad SMARTS) is 1. The first kappa shape index (κ1) is 19.7. The third-order valence-corrected chi connectivity index (χ3v) is 4.83. The van der Waals surface area contributed by atoms with E-state index >= 15 is 0 Å². The molecule has 0 bridgehead atoms. The molecule has 156 valence electrons. The molecule has 1 aromatic heterocycles. The molecule has 1 N–H and O–H groups in total. The molecule has 9 nitrogen and oxygen atoms in total. The summed E-state index contributed by atoms with van der Waals surface area (Å²) >= 11 is 0. The van der Waals surface area contributed by atoms with Gasteiger partial charge in [0.25, 0.3) is 6.47 Å². The van der Waals surface area contributed by atoms with E-state index in [0.29, 0.717) is 25.0 Å². The van der Waals surface area contributed by atoms with E-state index in [1.807, 2.05) is 36.4 Å². The third-order valence-electron chi connectivity index (χ3n) is 4.83. The number of hydrogen-bond acceptors (Lipinski definition) is 8. The van der Waals surface area contributed by atoms with Crippen LogP contribution in [0.5, 0.6) is 11.5 Å². The molecular formula is C21H21N3O6. The zero-order valence-electron chi connectivity index (χ0n) is 16.3. The SMILES string of the molecule is Cc1nnc(N2C[C@@H](c3ccccc3)O[C@@H](c3ccc4c(c3)OCO4)C2)o1.O=CO. The number of fused-ring (bicyclic) bond motifs is 1. The van der Waals surface area contributed by atoms with E-state index in [2.05, 4.69) is 27.2 Å². The second-order valence-electron chi connectivity index (χ2n) is 6.75. The van der Waals surface area contributed by atoms with Gasteiger partial charge in [-0.25, -0.2) is 0 Å². The van der Waals surface area contributed by atoms with Crippen LogP contribution in [-0.4, -0.2) is 41.7 Å². The fourth-order valence-electron chi connectivity index (χ4n) is 3.48. The van der Waals surface area contributed by atoms with Crippen molar-refractivity contribution in [2.45, 2.75) is 19.1 Å². The maximum absolute atomic E-state index is 8.36. The predicted octanol–water partition coefficient (Wildman–Crippen LogP) is 3.13. The maximum Gasteiger partial charge on any atom is 0.318 e. The molecule has 0 spiro atoms. The Morgan fingerprint density at radius 3 is 2.40 bits per heavy atom. The minimum atomic E-state index is -0.250. The zero-order chi connectivity index (χ0) is 20.9. The van der Waals surface area contributed by atoms with Gasteiger partial charge in [-0.05, 0) is 23.3 Å². The van der Waals surface area contributed by atoms with Crippen LogP contribution >= 0.6 is 0 Å². The molecule has 0 radical (unpaired) electrons.